The Morgan fingerprint density at radius 3 is 3.00 bits per heavy atom. The van der Waals surface area contributed by atoms with Crippen LogP contribution < -0.4 is 11.1 Å². The molecule has 5 nitrogen and oxygen atoms in total. The van der Waals surface area contributed by atoms with Crippen LogP contribution >= 0.6 is 15.9 Å². The van der Waals surface area contributed by atoms with Gasteiger partial charge in [-0.15, -0.1) is 0 Å². The maximum atomic E-state index is 8.88. The van der Waals surface area contributed by atoms with Crippen molar-refractivity contribution in [2.45, 2.75) is 19.8 Å². The van der Waals surface area contributed by atoms with Gasteiger partial charge in [0.1, 0.15) is 5.82 Å². The van der Waals surface area contributed by atoms with Crippen LogP contribution in [0.2, 0.25) is 0 Å². The predicted molar refractivity (Wildman–Crippen MR) is 68.1 cm³/mol. The van der Waals surface area contributed by atoms with Crippen molar-refractivity contribution in [2.24, 2.45) is 5.92 Å². The third-order valence-electron chi connectivity index (χ3n) is 2.44. The van der Waals surface area contributed by atoms with Gasteiger partial charge in [0.2, 0.25) is 5.95 Å². The molecule has 0 saturated heterocycles. The Labute approximate surface area is 104 Å². The molecule has 0 saturated carbocycles. The number of anilines is 2. The zero-order valence-corrected chi connectivity index (χ0v) is 10.9. The Kier molecular flexibility index (Phi) is 5.48. The molecule has 1 unspecified atom stereocenters. The number of nitrogens with two attached hydrogens (primary N) is 1. The van der Waals surface area contributed by atoms with E-state index < -0.39 is 0 Å². The molecule has 0 aliphatic rings. The maximum Gasteiger partial charge on any atom is 0.221 e. The molecular weight excluding hydrogens is 272 g/mol. The standard InChI is InChI=1S/C10H17BrN4O/c1-2-7(3-4-16)5-13-9-8(11)6-14-10(12)15-9/h6-7,16H,2-5H2,1H3,(H3,12,13,14,15). The number of hydrogen-bond acceptors (Lipinski definition) is 5. The van der Waals surface area contributed by atoms with Gasteiger partial charge in [0.15, 0.2) is 0 Å². The topological polar surface area (TPSA) is 84.1 Å². The minimum atomic E-state index is 0.216. The minimum absolute atomic E-state index is 0.216. The molecular formula is C10H17BrN4O. The molecule has 0 amide bonds. The Morgan fingerprint density at radius 2 is 2.38 bits per heavy atom. The van der Waals surface area contributed by atoms with E-state index in [0.717, 1.165) is 23.9 Å². The highest BCUT2D eigenvalue weighted by molar-refractivity contribution is 9.10. The lowest BCUT2D eigenvalue weighted by atomic mass is 10.0. The van der Waals surface area contributed by atoms with Crippen molar-refractivity contribution in [1.82, 2.24) is 9.97 Å². The van der Waals surface area contributed by atoms with E-state index in [9.17, 15) is 0 Å². The number of aliphatic hydroxyl groups is 1. The van der Waals surface area contributed by atoms with Crippen molar-refractivity contribution in [3.8, 4) is 0 Å². The zero-order valence-electron chi connectivity index (χ0n) is 9.28. The average Bonchev–Trinajstić information content (AvgIpc) is 2.28. The molecule has 1 aromatic rings. The molecule has 1 heterocycles. The predicted octanol–water partition coefficient (Wildman–Crippen LogP) is 1.64. The Balaban J connectivity index is 2.55. The van der Waals surface area contributed by atoms with Crippen LogP contribution in [0.1, 0.15) is 19.8 Å². The van der Waals surface area contributed by atoms with E-state index in [2.05, 4.69) is 38.1 Å². The van der Waals surface area contributed by atoms with Crippen molar-refractivity contribution in [3.05, 3.63) is 10.7 Å². The van der Waals surface area contributed by atoms with E-state index in [1.807, 2.05) is 0 Å². The lowest BCUT2D eigenvalue weighted by molar-refractivity contribution is 0.258. The highest BCUT2D eigenvalue weighted by Gasteiger charge is 2.08. The Hall–Kier alpha value is -0.880. The summed E-state index contributed by atoms with van der Waals surface area (Å²) >= 11 is 3.35. The summed E-state index contributed by atoms with van der Waals surface area (Å²) in [7, 11) is 0. The monoisotopic (exact) mass is 288 g/mol. The molecule has 0 radical (unpaired) electrons. The molecule has 0 bridgehead atoms. The summed E-state index contributed by atoms with van der Waals surface area (Å²) in [4.78, 5) is 7.95. The second-order valence-electron chi connectivity index (χ2n) is 3.59. The number of aromatic nitrogens is 2. The highest BCUT2D eigenvalue weighted by atomic mass is 79.9. The molecule has 0 aliphatic carbocycles. The van der Waals surface area contributed by atoms with E-state index in [-0.39, 0.29) is 12.6 Å². The SMILES string of the molecule is CCC(CCO)CNc1nc(N)ncc1Br. The summed E-state index contributed by atoms with van der Waals surface area (Å²) in [6, 6.07) is 0. The highest BCUT2D eigenvalue weighted by Crippen LogP contribution is 2.20. The summed E-state index contributed by atoms with van der Waals surface area (Å²) in [5, 5.41) is 12.1. The van der Waals surface area contributed by atoms with Gasteiger partial charge in [-0.2, -0.15) is 4.98 Å². The molecule has 4 N–H and O–H groups in total. The number of rotatable bonds is 6. The number of aliphatic hydroxyl groups excluding tert-OH is 1. The van der Waals surface area contributed by atoms with Crippen molar-refractivity contribution in [1.29, 1.82) is 0 Å². The summed E-state index contributed by atoms with van der Waals surface area (Å²) in [5.41, 5.74) is 5.50. The van der Waals surface area contributed by atoms with Gasteiger partial charge in [-0.05, 0) is 28.3 Å². The molecule has 1 aromatic heterocycles. The Bertz CT molecular complexity index is 335. The molecule has 0 fully saturated rings. The lowest BCUT2D eigenvalue weighted by Crippen LogP contribution is -2.16. The van der Waals surface area contributed by atoms with E-state index in [1.54, 1.807) is 6.20 Å². The molecule has 6 heteroatoms. The number of nitrogens with one attached hydrogen (secondary N) is 1. The molecule has 16 heavy (non-hydrogen) atoms. The van der Waals surface area contributed by atoms with Crippen LogP contribution in [0, 0.1) is 5.92 Å². The molecule has 1 rings (SSSR count). The van der Waals surface area contributed by atoms with Crippen molar-refractivity contribution in [2.75, 3.05) is 24.2 Å². The zero-order chi connectivity index (χ0) is 12.0. The summed E-state index contributed by atoms with van der Waals surface area (Å²) in [6.45, 7) is 3.09. The van der Waals surface area contributed by atoms with Crippen LogP contribution in [-0.2, 0) is 0 Å². The van der Waals surface area contributed by atoms with Crippen LogP contribution in [-0.4, -0.2) is 28.2 Å². The molecule has 0 aromatic carbocycles. The van der Waals surface area contributed by atoms with Crippen LogP contribution in [0.15, 0.2) is 10.7 Å². The van der Waals surface area contributed by atoms with E-state index in [4.69, 9.17) is 10.8 Å². The number of hydrogen-bond donors (Lipinski definition) is 3. The lowest BCUT2D eigenvalue weighted by Gasteiger charge is -2.15. The fourth-order valence-corrected chi connectivity index (χ4v) is 1.71. The quantitative estimate of drug-likeness (QED) is 0.741. The first kappa shape index (κ1) is 13.2. The van der Waals surface area contributed by atoms with Crippen molar-refractivity contribution >= 4 is 27.7 Å². The third kappa shape index (κ3) is 3.94. The number of nitrogen functional groups attached to an aromatic ring is 1. The second kappa shape index (κ2) is 6.65. The van der Waals surface area contributed by atoms with E-state index in [0.29, 0.717) is 11.7 Å². The van der Waals surface area contributed by atoms with Gasteiger partial charge in [0.05, 0.1) is 4.47 Å². The number of halogens is 1. The molecule has 0 aliphatic heterocycles. The van der Waals surface area contributed by atoms with Crippen LogP contribution in [0.25, 0.3) is 0 Å². The first-order valence-electron chi connectivity index (χ1n) is 5.30. The van der Waals surface area contributed by atoms with Crippen LogP contribution in [0.5, 0.6) is 0 Å². The summed E-state index contributed by atoms with van der Waals surface area (Å²) in [5.74, 6) is 1.39. The van der Waals surface area contributed by atoms with Crippen molar-refractivity contribution < 1.29 is 5.11 Å². The van der Waals surface area contributed by atoms with Gasteiger partial charge < -0.3 is 16.2 Å². The van der Waals surface area contributed by atoms with E-state index >= 15 is 0 Å². The first-order chi connectivity index (χ1) is 7.67. The van der Waals surface area contributed by atoms with Gasteiger partial charge in [0.25, 0.3) is 0 Å². The maximum absolute atomic E-state index is 8.88. The molecule has 1 atom stereocenters. The molecule has 90 valence electrons. The van der Waals surface area contributed by atoms with Crippen molar-refractivity contribution in [3.63, 3.8) is 0 Å². The van der Waals surface area contributed by atoms with Gasteiger partial charge in [0, 0.05) is 19.3 Å². The third-order valence-corrected chi connectivity index (χ3v) is 3.02. The van der Waals surface area contributed by atoms with Crippen LogP contribution in [0.3, 0.4) is 0 Å². The summed E-state index contributed by atoms with van der Waals surface area (Å²) < 4.78 is 0.792. The summed E-state index contributed by atoms with van der Waals surface area (Å²) in [6.07, 6.45) is 3.44. The van der Waals surface area contributed by atoms with Gasteiger partial charge in [-0.3, -0.25) is 0 Å². The van der Waals surface area contributed by atoms with Gasteiger partial charge >= 0.3 is 0 Å². The second-order valence-corrected chi connectivity index (χ2v) is 4.45. The van der Waals surface area contributed by atoms with E-state index in [1.165, 1.54) is 0 Å². The normalized spacial score (nSPS) is 12.4. The molecule has 0 spiro atoms. The minimum Gasteiger partial charge on any atom is -0.396 e. The fraction of sp³-hybridized carbons (Fsp3) is 0.600. The smallest absolute Gasteiger partial charge is 0.221 e. The largest absolute Gasteiger partial charge is 0.396 e. The fourth-order valence-electron chi connectivity index (χ4n) is 1.38. The van der Waals surface area contributed by atoms with Crippen LogP contribution in [0.4, 0.5) is 11.8 Å². The Morgan fingerprint density at radius 1 is 1.62 bits per heavy atom. The first-order valence-corrected chi connectivity index (χ1v) is 6.09. The number of nitrogens with zero attached hydrogens (tertiary/aromatic N) is 2. The van der Waals surface area contributed by atoms with Gasteiger partial charge in [-0.25, -0.2) is 4.98 Å². The van der Waals surface area contributed by atoms with Gasteiger partial charge in [-0.1, -0.05) is 13.3 Å². The average molecular weight is 289 g/mol.